The van der Waals surface area contributed by atoms with Crippen LogP contribution in [0.4, 0.5) is 4.79 Å². The van der Waals surface area contributed by atoms with E-state index in [0.29, 0.717) is 6.54 Å². The highest BCUT2D eigenvalue weighted by atomic mass is 16.5. The average molecular weight is 238 g/mol. The van der Waals surface area contributed by atoms with Gasteiger partial charge in [-0.3, -0.25) is 0 Å². The van der Waals surface area contributed by atoms with E-state index >= 15 is 0 Å². The maximum absolute atomic E-state index is 11.6. The van der Waals surface area contributed by atoms with Crippen molar-refractivity contribution in [3.63, 3.8) is 0 Å². The molecule has 5 nitrogen and oxygen atoms in total. The topological polar surface area (TPSA) is 63.5 Å². The summed E-state index contributed by atoms with van der Waals surface area (Å²) in [6.45, 7) is 3.24. The molecule has 2 N–H and O–H groups in total. The van der Waals surface area contributed by atoms with Crippen molar-refractivity contribution in [2.75, 3.05) is 6.61 Å². The van der Waals surface area contributed by atoms with Crippen LogP contribution < -0.4 is 10.6 Å². The van der Waals surface area contributed by atoms with Crippen molar-refractivity contribution in [2.24, 2.45) is 0 Å². The Morgan fingerprint density at radius 3 is 3.18 bits per heavy atom. The Hall–Kier alpha value is -1.49. The number of rotatable bonds is 4. The summed E-state index contributed by atoms with van der Waals surface area (Å²) in [5.74, 6) is 0. The van der Waals surface area contributed by atoms with E-state index in [1.165, 1.54) is 0 Å². The normalized spacial score (nSPS) is 21.1. The molecular formula is C12H18N2O3. The zero-order valence-corrected chi connectivity index (χ0v) is 9.94. The van der Waals surface area contributed by atoms with Gasteiger partial charge in [0.2, 0.25) is 0 Å². The molecular weight excluding hydrogens is 220 g/mol. The van der Waals surface area contributed by atoms with E-state index in [4.69, 9.17) is 9.15 Å². The van der Waals surface area contributed by atoms with Gasteiger partial charge in [0.15, 0.2) is 0 Å². The Bertz CT molecular complexity index is 345. The molecule has 0 spiro atoms. The van der Waals surface area contributed by atoms with Gasteiger partial charge in [-0.15, -0.1) is 0 Å². The van der Waals surface area contributed by atoms with E-state index in [1.54, 1.807) is 12.5 Å². The molecule has 1 saturated heterocycles. The fraction of sp³-hybridized carbons (Fsp3) is 0.583. The van der Waals surface area contributed by atoms with Crippen molar-refractivity contribution in [3.8, 4) is 0 Å². The fourth-order valence-corrected chi connectivity index (χ4v) is 1.92. The van der Waals surface area contributed by atoms with Gasteiger partial charge in [-0.1, -0.05) is 0 Å². The molecule has 0 radical (unpaired) electrons. The molecule has 0 aromatic carbocycles. The van der Waals surface area contributed by atoms with Crippen LogP contribution in [0.25, 0.3) is 0 Å². The molecule has 2 amide bonds. The Balaban J connectivity index is 1.69. The molecule has 5 heteroatoms. The molecule has 0 unspecified atom stereocenters. The van der Waals surface area contributed by atoms with E-state index in [2.05, 4.69) is 10.6 Å². The summed E-state index contributed by atoms with van der Waals surface area (Å²) in [4.78, 5) is 11.6. The van der Waals surface area contributed by atoms with Crippen molar-refractivity contribution in [3.05, 3.63) is 24.2 Å². The Kier molecular flexibility index (Phi) is 4.03. The molecule has 1 aliphatic rings. The van der Waals surface area contributed by atoms with E-state index < -0.39 is 0 Å². The molecule has 1 aliphatic heterocycles. The van der Waals surface area contributed by atoms with Crippen LogP contribution in [0.5, 0.6) is 0 Å². The minimum atomic E-state index is -0.172. The highest BCUT2D eigenvalue weighted by molar-refractivity contribution is 5.74. The summed E-state index contributed by atoms with van der Waals surface area (Å²) in [6, 6.07) is 1.69. The first-order chi connectivity index (χ1) is 8.25. The van der Waals surface area contributed by atoms with Gasteiger partial charge in [-0.2, -0.15) is 0 Å². The van der Waals surface area contributed by atoms with E-state index in [9.17, 15) is 4.79 Å². The minimum absolute atomic E-state index is 0.0434. The molecule has 0 aliphatic carbocycles. The summed E-state index contributed by atoms with van der Waals surface area (Å²) >= 11 is 0. The molecule has 0 bridgehead atoms. The van der Waals surface area contributed by atoms with Gasteiger partial charge in [0.05, 0.1) is 24.7 Å². The number of hydrogen-bond donors (Lipinski definition) is 2. The summed E-state index contributed by atoms with van der Waals surface area (Å²) in [6.07, 6.45) is 5.44. The lowest BCUT2D eigenvalue weighted by molar-refractivity contribution is 0.0860. The maximum atomic E-state index is 11.6. The molecule has 1 aromatic rings. The molecule has 0 saturated carbocycles. The molecule has 94 valence electrons. The van der Waals surface area contributed by atoms with Crippen LogP contribution >= 0.6 is 0 Å². The number of amides is 2. The first-order valence-electron chi connectivity index (χ1n) is 5.93. The lowest BCUT2D eigenvalue weighted by Gasteiger charge is -2.20. The third-order valence-corrected chi connectivity index (χ3v) is 2.91. The zero-order valence-electron chi connectivity index (χ0n) is 9.94. The van der Waals surface area contributed by atoms with E-state index in [0.717, 1.165) is 25.0 Å². The van der Waals surface area contributed by atoms with Crippen LogP contribution in [-0.4, -0.2) is 24.8 Å². The van der Waals surface area contributed by atoms with Crippen LogP contribution in [-0.2, 0) is 11.3 Å². The van der Waals surface area contributed by atoms with Gasteiger partial charge in [0.1, 0.15) is 0 Å². The van der Waals surface area contributed by atoms with Crippen LogP contribution in [0.3, 0.4) is 0 Å². The van der Waals surface area contributed by atoms with Crippen molar-refractivity contribution >= 4 is 6.03 Å². The Labute approximate surface area is 101 Å². The lowest BCUT2D eigenvalue weighted by Crippen LogP contribution is -2.45. The van der Waals surface area contributed by atoms with Gasteiger partial charge in [0.25, 0.3) is 0 Å². The first kappa shape index (κ1) is 12.0. The van der Waals surface area contributed by atoms with Crippen molar-refractivity contribution in [1.82, 2.24) is 10.6 Å². The van der Waals surface area contributed by atoms with Crippen LogP contribution in [0.1, 0.15) is 25.3 Å². The largest absolute Gasteiger partial charge is 0.472 e. The van der Waals surface area contributed by atoms with Gasteiger partial charge in [-0.25, -0.2) is 4.79 Å². The standard InChI is InChI=1S/C12H18N2O3/c1-9(11-3-2-5-17-11)14-12(15)13-7-10-4-6-16-8-10/h4,6,8-9,11H,2-3,5,7H2,1H3,(H2,13,14,15)/t9-,11-/m0/s1. The predicted molar refractivity (Wildman–Crippen MR) is 62.5 cm³/mol. The second-order valence-corrected chi connectivity index (χ2v) is 4.30. The average Bonchev–Trinajstić information content (AvgIpc) is 2.99. The number of carbonyl (C=O) groups is 1. The number of ether oxygens (including phenoxy) is 1. The molecule has 1 aromatic heterocycles. The molecule has 2 heterocycles. The van der Waals surface area contributed by atoms with Crippen molar-refractivity contribution < 1.29 is 13.9 Å². The van der Waals surface area contributed by atoms with Gasteiger partial charge in [0, 0.05) is 18.7 Å². The zero-order chi connectivity index (χ0) is 12.1. The highest BCUT2D eigenvalue weighted by Crippen LogP contribution is 2.15. The van der Waals surface area contributed by atoms with E-state index in [1.807, 2.05) is 13.0 Å². The Morgan fingerprint density at radius 2 is 2.53 bits per heavy atom. The molecule has 2 rings (SSSR count). The number of urea groups is 1. The third kappa shape index (κ3) is 3.49. The summed E-state index contributed by atoms with van der Waals surface area (Å²) in [5.41, 5.74) is 0.949. The maximum Gasteiger partial charge on any atom is 0.315 e. The number of nitrogens with one attached hydrogen (secondary N) is 2. The Morgan fingerprint density at radius 1 is 1.65 bits per heavy atom. The highest BCUT2D eigenvalue weighted by Gasteiger charge is 2.23. The smallest absolute Gasteiger partial charge is 0.315 e. The second kappa shape index (κ2) is 5.72. The fourth-order valence-electron chi connectivity index (χ4n) is 1.92. The first-order valence-corrected chi connectivity index (χ1v) is 5.93. The van der Waals surface area contributed by atoms with Gasteiger partial charge >= 0.3 is 6.03 Å². The number of hydrogen-bond acceptors (Lipinski definition) is 3. The van der Waals surface area contributed by atoms with Crippen LogP contribution in [0.2, 0.25) is 0 Å². The molecule has 1 fully saturated rings. The number of furan rings is 1. The summed E-state index contributed by atoms with van der Waals surface area (Å²) < 4.78 is 10.4. The van der Waals surface area contributed by atoms with Gasteiger partial charge in [-0.05, 0) is 25.8 Å². The van der Waals surface area contributed by atoms with Crippen molar-refractivity contribution in [1.29, 1.82) is 0 Å². The van der Waals surface area contributed by atoms with Crippen molar-refractivity contribution in [2.45, 2.75) is 38.5 Å². The van der Waals surface area contributed by atoms with Crippen LogP contribution in [0.15, 0.2) is 23.0 Å². The lowest BCUT2D eigenvalue weighted by atomic mass is 10.1. The van der Waals surface area contributed by atoms with E-state index in [-0.39, 0.29) is 18.2 Å². The third-order valence-electron chi connectivity index (χ3n) is 2.91. The SMILES string of the molecule is C[C@H](NC(=O)NCc1ccoc1)[C@@H]1CCCO1. The molecule has 2 atom stereocenters. The molecule has 17 heavy (non-hydrogen) atoms. The van der Waals surface area contributed by atoms with Crippen LogP contribution in [0, 0.1) is 0 Å². The minimum Gasteiger partial charge on any atom is -0.472 e. The predicted octanol–water partition coefficient (Wildman–Crippen LogP) is 1.65. The monoisotopic (exact) mass is 238 g/mol. The second-order valence-electron chi connectivity index (χ2n) is 4.30. The van der Waals surface area contributed by atoms with Gasteiger partial charge < -0.3 is 19.8 Å². The summed E-state index contributed by atoms with van der Waals surface area (Å²) in [5, 5.41) is 5.65. The quantitative estimate of drug-likeness (QED) is 0.838. The summed E-state index contributed by atoms with van der Waals surface area (Å²) in [7, 11) is 0. The number of carbonyl (C=O) groups excluding carboxylic acids is 1.